The van der Waals surface area contributed by atoms with Gasteiger partial charge in [-0.15, -0.1) is 0 Å². The first-order chi connectivity index (χ1) is 9.05. The van der Waals surface area contributed by atoms with Crippen LogP contribution in [-0.2, 0) is 4.79 Å². The van der Waals surface area contributed by atoms with Crippen molar-refractivity contribution < 1.29 is 9.53 Å². The number of carbonyl (C=O) groups excluding carboxylic acids is 1. The summed E-state index contributed by atoms with van der Waals surface area (Å²) in [7, 11) is 0. The molecule has 1 fully saturated rings. The first kappa shape index (κ1) is 13.9. The Hall–Kier alpha value is -1.55. The highest BCUT2D eigenvalue weighted by atomic mass is 16.5. The predicted molar refractivity (Wildman–Crippen MR) is 76.6 cm³/mol. The normalized spacial score (nSPS) is 22.3. The maximum Gasteiger partial charge on any atom is 0.231 e. The molecule has 1 unspecified atom stereocenters. The lowest BCUT2D eigenvalue weighted by atomic mass is 9.88. The Morgan fingerprint density at radius 1 is 1.53 bits per heavy atom. The summed E-state index contributed by atoms with van der Waals surface area (Å²) in [5, 5.41) is 6.27. The summed E-state index contributed by atoms with van der Waals surface area (Å²) in [4.78, 5) is 12.3. The van der Waals surface area contributed by atoms with Crippen LogP contribution in [0.15, 0.2) is 18.2 Å². The molecule has 0 radical (unpaired) electrons. The fourth-order valence-electron chi connectivity index (χ4n) is 2.32. The molecule has 1 aromatic carbocycles. The molecule has 1 heterocycles. The largest absolute Gasteiger partial charge is 0.494 e. The molecule has 0 aromatic heterocycles. The van der Waals surface area contributed by atoms with Crippen molar-refractivity contribution in [1.82, 2.24) is 5.32 Å². The number of amides is 1. The summed E-state index contributed by atoms with van der Waals surface area (Å²) < 4.78 is 5.44. The Morgan fingerprint density at radius 2 is 2.32 bits per heavy atom. The lowest BCUT2D eigenvalue weighted by molar-refractivity contribution is -0.123. The molecule has 1 saturated heterocycles. The monoisotopic (exact) mass is 262 g/mol. The predicted octanol–water partition coefficient (Wildman–Crippen LogP) is 2.33. The van der Waals surface area contributed by atoms with Gasteiger partial charge in [0.15, 0.2) is 0 Å². The van der Waals surface area contributed by atoms with E-state index < -0.39 is 0 Å². The maximum atomic E-state index is 12.3. The van der Waals surface area contributed by atoms with Crippen molar-refractivity contribution in [2.45, 2.75) is 27.2 Å². The second kappa shape index (κ2) is 5.61. The number of carbonyl (C=O) groups is 1. The van der Waals surface area contributed by atoms with E-state index in [1.807, 2.05) is 39.0 Å². The molecule has 2 N–H and O–H groups in total. The first-order valence-corrected chi connectivity index (χ1v) is 6.81. The van der Waals surface area contributed by atoms with Crippen molar-refractivity contribution in [3.05, 3.63) is 23.8 Å². The third kappa shape index (κ3) is 3.07. The van der Waals surface area contributed by atoms with Crippen LogP contribution in [0, 0.1) is 12.3 Å². The Morgan fingerprint density at radius 3 is 2.89 bits per heavy atom. The number of aryl methyl sites for hydroxylation is 1. The van der Waals surface area contributed by atoms with Crippen molar-refractivity contribution in [2.75, 3.05) is 25.0 Å². The molecule has 4 nitrogen and oxygen atoms in total. The van der Waals surface area contributed by atoms with Crippen LogP contribution in [0.1, 0.15) is 25.8 Å². The second-order valence-electron chi connectivity index (χ2n) is 5.35. The van der Waals surface area contributed by atoms with E-state index in [4.69, 9.17) is 4.74 Å². The summed E-state index contributed by atoms with van der Waals surface area (Å²) >= 11 is 0. The number of hydrogen-bond donors (Lipinski definition) is 2. The third-order valence-corrected chi connectivity index (χ3v) is 3.67. The maximum absolute atomic E-state index is 12.3. The quantitative estimate of drug-likeness (QED) is 0.875. The Labute approximate surface area is 114 Å². The second-order valence-corrected chi connectivity index (χ2v) is 5.35. The van der Waals surface area contributed by atoms with Gasteiger partial charge < -0.3 is 15.4 Å². The van der Waals surface area contributed by atoms with Crippen molar-refractivity contribution in [3.63, 3.8) is 0 Å². The molecule has 1 atom stereocenters. The minimum Gasteiger partial charge on any atom is -0.494 e. The standard InChI is InChI=1S/C15H22N2O2/c1-4-19-12-5-6-13(11(2)9-12)17-14(18)15(3)7-8-16-10-15/h5-6,9,16H,4,7-8,10H2,1-3H3,(H,17,18). The number of benzene rings is 1. The fraction of sp³-hybridized carbons (Fsp3) is 0.533. The van der Waals surface area contributed by atoms with Gasteiger partial charge in [0.05, 0.1) is 12.0 Å². The van der Waals surface area contributed by atoms with Crippen LogP contribution in [-0.4, -0.2) is 25.6 Å². The van der Waals surface area contributed by atoms with E-state index in [1.54, 1.807) is 0 Å². The highest BCUT2D eigenvalue weighted by Gasteiger charge is 2.36. The minimum absolute atomic E-state index is 0.0877. The van der Waals surface area contributed by atoms with E-state index in [0.29, 0.717) is 6.61 Å². The summed E-state index contributed by atoms with van der Waals surface area (Å²) in [5.41, 5.74) is 1.58. The van der Waals surface area contributed by atoms with Gasteiger partial charge in [-0.2, -0.15) is 0 Å². The van der Waals surface area contributed by atoms with Gasteiger partial charge in [0, 0.05) is 12.2 Å². The number of anilines is 1. The average molecular weight is 262 g/mol. The minimum atomic E-state index is -0.301. The molecule has 1 aliphatic rings. The fourth-order valence-corrected chi connectivity index (χ4v) is 2.32. The van der Waals surface area contributed by atoms with Crippen LogP contribution in [0.5, 0.6) is 5.75 Å². The van der Waals surface area contributed by atoms with E-state index in [2.05, 4.69) is 10.6 Å². The van der Waals surface area contributed by atoms with Crippen LogP contribution in [0.25, 0.3) is 0 Å². The molecular formula is C15H22N2O2. The zero-order chi connectivity index (χ0) is 13.9. The Bertz CT molecular complexity index is 465. The lowest BCUT2D eigenvalue weighted by Crippen LogP contribution is -2.35. The molecule has 0 spiro atoms. The molecule has 0 bridgehead atoms. The third-order valence-electron chi connectivity index (χ3n) is 3.67. The van der Waals surface area contributed by atoms with Crippen LogP contribution >= 0.6 is 0 Å². The molecule has 2 rings (SSSR count). The van der Waals surface area contributed by atoms with Crippen LogP contribution in [0.4, 0.5) is 5.69 Å². The van der Waals surface area contributed by atoms with Gasteiger partial charge in [-0.25, -0.2) is 0 Å². The molecule has 4 heteroatoms. The molecule has 1 aromatic rings. The number of ether oxygens (including phenoxy) is 1. The highest BCUT2D eigenvalue weighted by molar-refractivity contribution is 5.96. The summed E-state index contributed by atoms with van der Waals surface area (Å²) in [6.45, 7) is 8.24. The van der Waals surface area contributed by atoms with Crippen LogP contribution in [0.2, 0.25) is 0 Å². The Balaban J connectivity index is 2.08. The zero-order valence-electron chi connectivity index (χ0n) is 11.9. The van der Waals surface area contributed by atoms with E-state index >= 15 is 0 Å². The highest BCUT2D eigenvalue weighted by Crippen LogP contribution is 2.28. The van der Waals surface area contributed by atoms with E-state index in [0.717, 1.165) is 36.5 Å². The summed E-state index contributed by atoms with van der Waals surface area (Å²) in [6, 6.07) is 5.75. The van der Waals surface area contributed by atoms with Crippen LogP contribution < -0.4 is 15.4 Å². The zero-order valence-corrected chi connectivity index (χ0v) is 11.9. The topological polar surface area (TPSA) is 50.4 Å². The number of nitrogens with one attached hydrogen (secondary N) is 2. The first-order valence-electron chi connectivity index (χ1n) is 6.81. The molecule has 0 saturated carbocycles. The van der Waals surface area contributed by atoms with Gasteiger partial charge >= 0.3 is 0 Å². The van der Waals surface area contributed by atoms with E-state index in [-0.39, 0.29) is 11.3 Å². The molecule has 104 valence electrons. The van der Waals surface area contributed by atoms with Gasteiger partial charge in [-0.3, -0.25) is 4.79 Å². The number of rotatable bonds is 4. The van der Waals surface area contributed by atoms with E-state index in [1.165, 1.54) is 0 Å². The van der Waals surface area contributed by atoms with Crippen molar-refractivity contribution in [2.24, 2.45) is 5.41 Å². The van der Waals surface area contributed by atoms with Gasteiger partial charge in [-0.1, -0.05) is 0 Å². The summed E-state index contributed by atoms with van der Waals surface area (Å²) in [6.07, 6.45) is 0.884. The lowest BCUT2D eigenvalue weighted by Gasteiger charge is -2.22. The Kier molecular flexibility index (Phi) is 4.10. The van der Waals surface area contributed by atoms with Crippen molar-refractivity contribution >= 4 is 11.6 Å². The van der Waals surface area contributed by atoms with Crippen molar-refractivity contribution in [1.29, 1.82) is 0 Å². The molecule has 0 aliphatic carbocycles. The van der Waals surface area contributed by atoms with Crippen molar-refractivity contribution in [3.8, 4) is 5.75 Å². The molecule has 1 amide bonds. The number of hydrogen-bond acceptors (Lipinski definition) is 3. The smallest absolute Gasteiger partial charge is 0.231 e. The molecular weight excluding hydrogens is 240 g/mol. The van der Waals surface area contributed by atoms with Gasteiger partial charge in [0.1, 0.15) is 5.75 Å². The molecule has 1 aliphatic heterocycles. The summed E-state index contributed by atoms with van der Waals surface area (Å²) in [5.74, 6) is 0.927. The molecule has 19 heavy (non-hydrogen) atoms. The van der Waals surface area contributed by atoms with Gasteiger partial charge in [-0.05, 0) is 57.5 Å². The average Bonchev–Trinajstić information content (AvgIpc) is 2.81. The van der Waals surface area contributed by atoms with E-state index in [9.17, 15) is 4.79 Å². The van der Waals surface area contributed by atoms with Crippen LogP contribution in [0.3, 0.4) is 0 Å². The SMILES string of the molecule is CCOc1ccc(NC(=O)C2(C)CCNC2)c(C)c1. The van der Waals surface area contributed by atoms with Gasteiger partial charge in [0.2, 0.25) is 5.91 Å². The van der Waals surface area contributed by atoms with Gasteiger partial charge in [0.25, 0.3) is 0 Å².